The zero-order chi connectivity index (χ0) is 9.97. The van der Waals surface area contributed by atoms with Crippen molar-refractivity contribution < 1.29 is 9.90 Å². The maximum absolute atomic E-state index is 11.9. The largest absolute Gasteiger partial charge is 0.393 e. The van der Waals surface area contributed by atoms with E-state index in [1.807, 2.05) is 4.90 Å². The summed E-state index contributed by atoms with van der Waals surface area (Å²) in [5, 5.41) is 9.32. The topological polar surface area (TPSA) is 40.5 Å². The fourth-order valence-electron chi connectivity index (χ4n) is 2.16. The quantitative estimate of drug-likeness (QED) is 0.632. The number of rotatable bonds is 1. The van der Waals surface area contributed by atoms with Crippen molar-refractivity contribution in [2.75, 3.05) is 13.1 Å². The number of nitrogens with zero attached hydrogens (tertiary/aromatic N) is 1. The number of aliphatic hydroxyl groups excluding tert-OH is 1. The summed E-state index contributed by atoms with van der Waals surface area (Å²) in [6.07, 6.45) is 7.26. The van der Waals surface area contributed by atoms with Crippen LogP contribution in [0.4, 0.5) is 0 Å². The van der Waals surface area contributed by atoms with Gasteiger partial charge in [0, 0.05) is 19.0 Å². The van der Waals surface area contributed by atoms with Gasteiger partial charge in [-0.25, -0.2) is 0 Å². The number of amides is 1. The molecule has 1 fully saturated rings. The number of hydrogen-bond donors (Lipinski definition) is 1. The molecule has 1 aliphatic heterocycles. The van der Waals surface area contributed by atoms with Gasteiger partial charge in [0.05, 0.1) is 6.10 Å². The van der Waals surface area contributed by atoms with E-state index in [9.17, 15) is 9.90 Å². The average molecular weight is 195 g/mol. The van der Waals surface area contributed by atoms with Gasteiger partial charge in [-0.15, -0.1) is 0 Å². The van der Waals surface area contributed by atoms with Gasteiger partial charge in [-0.3, -0.25) is 4.79 Å². The number of carbonyl (C=O) groups is 1. The highest BCUT2D eigenvalue weighted by atomic mass is 16.3. The lowest BCUT2D eigenvalue weighted by atomic mass is 10.0. The Balaban J connectivity index is 1.85. The summed E-state index contributed by atoms with van der Waals surface area (Å²) < 4.78 is 0. The second-order valence-corrected chi connectivity index (χ2v) is 4.20. The van der Waals surface area contributed by atoms with Crippen molar-refractivity contribution in [3.8, 4) is 0 Å². The summed E-state index contributed by atoms with van der Waals surface area (Å²) in [6.45, 7) is 1.47. The molecule has 0 radical (unpaired) electrons. The first-order chi connectivity index (χ1) is 6.77. The molecule has 0 spiro atoms. The van der Waals surface area contributed by atoms with Gasteiger partial charge in [0.15, 0.2) is 0 Å². The second-order valence-electron chi connectivity index (χ2n) is 4.20. The maximum Gasteiger partial charge on any atom is 0.226 e. The third kappa shape index (κ3) is 1.98. The maximum atomic E-state index is 11.9. The molecule has 0 unspecified atom stereocenters. The van der Waals surface area contributed by atoms with E-state index in [1.165, 1.54) is 0 Å². The molecular weight excluding hydrogens is 178 g/mol. The third-order valence-electron chi connectivity index (χ3n) is 3.13. The van der Waals surface area contributed by atoms with E-state index in [4.69, 9.17) is 0 Å². The molecular formula is C11H17NO2. The van der Waals surface area contributed by atoms with Gasteiger partial charge >= 0.3 is 0 Å². The summed E-state index contributed by atoms with van der Waals surface area (Å²) in [7, 11) is 0. The van der Waals surface area contributed by atoms with Crippen LogP contribution in [0.25, 0.3) is 0 Å². The van der Waals surface area contributed by atoms with Gasteiger partial charge in [-0.2, -0.15) is 0 Å². The predicted molar refractivity (Wildman–Crippen MR) is 53.7 cm³/mol. The SMILES string of the molecule is O=C(C1CC=CC1)N1CCC(O)CC1. The molecule has 3 heteroatoms. The highest BCUT2D eigenvalue weighted by molar-refractivity contribution is 5.79. The number of carbonyl (C=O) groups excluding carboxylic acids is 1. The van der Waals surface area contributed by atoms with Gasteiger partial charge in [-0.1, -0.05) is 12.2 Å². The highest BCUT2D eigenvalue weighted by Crippen LogP contribution is 2.22. The highest BCUT2D eigenvalue weighted by Gasteiger charge is 2.27. The van der Waals surface area contributed by atoms with E-state index in [0.29, 0.717) is 0 Å². The van der Waals surface area contributed by atoms with Crippen LogP contribution < -0.4 is 0 Å². The summed E-state index contributed by atoms with van der Waals surface area (Å²) in [5.41, 5.74) is 0. The lowest BCUT2D eigenvalue weighted by Crippen LogP contribution is -2.42. The summed E-state index contributed by atoms with van der Waals surface area (Å²) in [5.74, 6) is 0.465. The summed E-state index contributed by atoms with van der Waals surface area (Å²) >= 11 is 0. The van der Waals surface area contributed by atoms with Crippen LogP contribution >= 0.6 is 0 Å². The number of hydrogen-bond acceptors (Lipinski definition) is 2. The molecule has 0 bridgehead atoms. The average Bonchev–Trinajstić information content (AvgIpc) is 2.71. The Bertz CT molecular complexity index is 234. The van der Waals surface area contributed by atoms with E-state index in [1.54, 1.807) is 0 Å². The number of allylic oxidation sites excluding steroid dienone is 2. The summed E-state index contributed by atoms with van der Waals surface area (Å²) in [6, 6.07) is 0. The molecule has 0 atom stereocenters. The Morgan fingerprint density at radius 2 is 1.79 bits per heavy atom. The van der Waals surface area contributed by atoms with Crippen LogP contribution in [0.3, 0.4) is 0 Å². The minimum atomic E-state index is -0.194. The third-order valence-corrected chi connectivity index (χ3v) is 3.13. The molecule has 1 saturated heterocycles. The molecule has 2 aliphatic rings. The van der Waals surface area contributed by atoms with Gasteiger partial charge in [0.1, 0.15) is 0 Å². The minimum Gasteiger partial charge on any atom is -0.393 e. The van der Waals surface area contributed by atoms with E-state index in [-0.39, 0.29) is 17.9 Å². The lowest BCUT2D eigenvalue weighted by Gasteiger charge is -2.31. The van der Waals surface area contributed by atoms with Gasteiger partial charge in [0.25, 0.3) is 0 Å². The van der Waals surface area contributed by atoms with Crippen LogP contribution in [0.1, 0.15) is 25.7 Å². The predicted octanol–water partition coefficient (Wildman–Crippen LogP) is 0.936. The minimum absolute atomic E-state index is 0.185. The lowest BCUT2D eigenvalue weighted by molar-refractivity contribution is -0.137. The zero-order valence-corrected chi connectivity index (χ0v) is 8.35. The Morgan fingerprint density at radius 3 is 2.36 bits per heavy atom. The van der Waals surface area contributed by atoms with Gasteiger partial charge in [0.2, 0.25) is 5.91 Å². The van der Waals surface area contributed by atoms with Crippen molar-refractivity contribution in [2.45, 2.75) is 31.8 Å². The van der Waals surface area contributed by atoms with Crippen LogP contribution in [0, 0.1) is 5.92 Å². The number of piperidine rings is 1. The van der Waals surface area contributed by atoms with Crippen molar-refractivity contribution in [2.24, 2.45) is 5.92 Å². The second kappa shape index (κ2) is 4.13. The van der Waals surface area contributed by atoms with E-state index < -0.39 is 0 Å². The molecule has 0 saturated carbocycles. The Morgan fingerprint density at radius 1 is 1.21 bits per heavy atom. The molecule has 0 aromatic rings. The van der Waals surface area contributed by atoms with Gasteiger partial charge < -0.3 is 10.0 Å². The zero-order valence-electron chi connectivity index (χ0n) is 8.35. The van der Waals surface area contributed by atoms with Crippen LogP contribution in [0.2, 0.25) is 0 Å². The van der Waals surface area contributed by atoms with Crippen molar-refractivity contribution in [3.63, 3.8) is 0 Å². The molecule has 0 aromatic heterocycles. The first kappa shape index (κ1) is 9.71. The first-order valence-corrected chi connectivity index (χ1v) is 5.39. The Hall–Kier alpha value is -0.830. The molecule has 78 valence electrons. The van der Waals surface area contributed by atoms with Crippen molar-refractivity contribution in [1.29, 1.82) is 0 Å². The van der Waals surface area contributed by atoms with Crippen molar-refractivity contribution >= 4 is 5.91 Å². The molecule has 0 aromatic carbocycles. The Labute approximate surface area is 84.4 Å². The Kier molecular flexibility index (Phi) is 2.87. The first-order valence-electron chi connectivity index (χ1n) is 5.39. The standard InChI is InChI=1S/C11H17NO2/c13-10-5-7-12(8-6-10)11(14)9-3-1-2-4-9/h1-2,9-10,13H,3-8H2. The van der Waals surface area contributed by atoms with Crippen LogP contribution in [0.15, 0.2) is 12.2 Å². The molecule has 3 nitrogen and oxygen atoms in total. The molecule has 14 heavy (non-hydrogen) atoms. The van der Waals surface area contributed by atoms with Crippen molar-refractivity contribution in [3.05, 3.63) is 12.2 Å². The van der Waals surface area contributed by atoms with Crippen LogP contribution in [-0.4, -0.2) is 35.1 Å². The van der Waals surface area contributed by atoms with Crippen molar-refractivity contribution in [1.82, 2.24) is 4.90 Å². The molecule has 2 rings (SSSR count). The molecule has 1 amide bonds. The fraction of sp³-hybridized carbons (Fsp3) is 0.727. The smallest absolute Gasteiger partial charge is 0.226 e. The van der Waals surface area contributed by atoms with Gasteiger partial charge in [-0.05, 0) is 25.7 Å². The van der Waals surface area contributed by atoms with Crippen LogP contribution in [0.5, 0.6) is 0 Å². The fourth-order valence-corrected chi connectivity index (χ4v) is 2.16. The van der Waals surface area contributed by atoms with E-state index in [2.05, 4.69) is 12.2 Å². The summed E-state index contributed by atoms with van der Waals surface area (Å²) in [4.78, 5) is 13.8. The van der Waals surface area contributed by atoms with Crippen LogP contribution in [-0.2, 0) is 4.79 Å². The van der Waals surface area contributed by atoms with E-state index >= 15 is 0 Å². The normalized spacial score (nSPS) is 24.5. The number of aliphatic hydroxyl groups is 1. The van der Waals surface area contributed by atoms with E-state index in [0.717, 1.165) is 38.8 Å². The molecule has 1 N–H and O–H groups in total. The molecule has 1 aliphatic carbocycles. The molecule has 1 heterocycles. The number of likely N-dealkylation sites (tertiary alicyclic amines) is 1. The monoisotopic (exact) mass is 195 g/mol.